The minimum atomic E-state index is -0.516. The number of nitrogens with zero attached hydrogens (tertiary/aromatic N) is 1. The summed E-state index contributed by atoms with van der Waals surface area (Å²) in [6.07, 6.45) is 5.77. The number of ether oxygens (including phenoxy) is 1. The van der Waals surface area contributed by atoms with Gasteiger partial charge < -0.3 is 10.5 Å². The summed E-state index contributed by atoms with van der Waals surface area (Å²) < 4.78 is 5.21. The Morgan fingerprint density at radius 3 is 2.80 bits per heavy atom. The standard InChI is InChI=1S/C11H16N2O2/c1-11(2,3)15-10(14)8-6-4-5-7-13-9(8)12/h5-7H,4H2,1-3H3,(H2,12,13). The van der Waals surface area contributed by atoms with Gasteiger partial charge in [-0.15, -0.1) is 0 Å². The smallest absolute Gasteiger partial charge is 0.342 e. The molecule has 2 N–H and O–H groups in total. The fraction of sp³-hybridized carbons (Fsp3) is 0.455. The van der Waals surface area contributed by atoms with E-state index in [2.05, 4.69) is 4.99 Å². The third-order valence-corrected chi connectivity index (χ3v) is 1.67. The molecule has 0 fully saturated rings. The van der Waals surface area contributed by atoms with Crippen LogP contribution in [0, 0.1) is 0 Å². The number of esters is 1. The Morgan fingerprint density at radius 2 is 2.20 bits per heavy atom. The van der Waals surface area contributed by atoms with Crippen LogP contribution >= 0.6 is 0 Å². The third-order valence-electron chi connectivity index (χ3n) is 1.67. The summed E-state index contributed by atoms with van der Waals surface area (Å²) in [7, 11) is 0. The van der Waals surface area contributed by atoms with Gasteiger partial charge in [-0.3, -0.25) is 0 Å². The Balaban J connectivity index is 2.80. The number of allylic oxidation sites excluding steroid dienone is 2. The fourth-order valence-corrected chi connectivity index (χ4v) is 1.07. The number of nitrogens with two attached hydrogens (primary N) is 1. The van der Waals surface area contributed by atoms with Crippen molar-refractivity contribution in [2.24, 2.45) is 10.7 Å². The van der Waals surface area contributed by atoms with Gasteiger partial charge in [0.2, 0.25) is 0 Å². The Labute approximate surface area is 89.5 Å². The molecule has 4 heteroatoms. The Kier molecular flexibility index (Phi) is 3.29. The molecule has 0 aliphatic carbocycles. The number of aliphatic imine (C=N–C) groups is 1. The van der Waals surface area contributed by atoms with Crippen LogP contribution in [-0.2, 0) is 9.53 Å². The molecule has 0 aromatic heterocycles. The van der Waals surface area contributed by atoms with Crippen LogP contribution in [0.15, 0.2) is 28.9 Å². The Morgan fingerprint density at radius 1 is 1.53 bits per heavy atom. The molecule has 0 amide bonds. The van der Waals surface area contributed by atoms with Crippen LogP contribution in [0.25, 0.3) is 0 Å². The highest BCUT2D eigenvalue weighted by Crippen LogP contribution is 2.13. The number of carbonyl (C=O) groups is 1. The zero-order chi connectivity index (χ0) is 11.5. The Hall–Kier alpha value is -1.58. The molecular weight excluding hydrogens is 192 g/mol. The summed E-state index contributed by atoms with van der Waals surface area (Å²) in [4.78, 5) is 15.6. The number of amidine groups is 1. The number of rotatable bonds is 1. The minimum absolute atomic E-state index is 0.206. The lowest BCUT2D eigenvalue weighted by Gasteiger charge is -2.20. The maximum atomic E-state index is 11.7. The summed E-state index contributed by atoms with van der Waals surface area (Å²) >= 11 is 0. The maximum Gasteiger partial charge on any atom is 0.342 e. The molecule has 0 saturated carbocycles. The van der Waals surface area contributed by atoms with Crippen molar-refractivity contribution < 1.29 is 9.53 Å². The molecule has 15 heavy (non-hydrogen) atoms. The Bertz CT molecular complexity index is 346. The lowest BCUT2D eigenvalue weighted by Crippen LogP contribution is -2.29. The molecule has 82 valence electrons. The van der Waals surface area contributed by atoms with Crippen molar-refractivity contribution in [3.05, 3.63) is 23.9 Å². The van der Waals surface area contributed by atoms with Crippen molar-refractivity contribution in [2.45, 2.75) is 32.8 Å². The van der Waals surface area contributed by atoms with E-state index in [1.54, 1.807) is 12.3 Å². The predicted octanol–water partition coefficient (Wildman–Crippen LogP) is 1.53. The van der Waals surface area contributed by atoms with E-state index in [1.807, 2.05) is 26.8 Å². The second-order valence-electron chi connectivity index (χ2n) is 4.25. The van der Waals surface area contributed by atoms with Crippen LogP contribution in [-0.4, -0.2) is 17.4 Å². The molecule has 1 aliphatic heterocycles. The van der Waals surface area contributed by atoms with Crippen LogP contribution in [0.2, 0.25) is 0 Å². The topological polar surface area (TPSA) is 64.7 Å². The molecule has 0 aromatic carbocycles. The molecule has 1 aliphatic rings. The summed E-state index contributed by atoms with van der Waals surface area (Å²) in [5.41, 5.74) is 5.45. The van der Waals surface area contributed by atoms with Crippen molar-refractivity contribution >= 4 is 11.8 Å². The lowest BCUT2D eigenvalue weighted by atomic mass is 10.1. The maximum absolute atomic E-state index is 11.7. The van der Waals surface area contributed by atoms with Crippen LogP contribution < -0.4 is 5.73 Å². The van der Waals surface area contributed by atoms with E-state index in [9.17, 15) is 4.79 Å². The van der Waals surface area contributed by atoms with Gasteiger partial charge in [-0.05, 0) is 27.2 Å². The van der Waals surface area contributed by atoms with Gasteiger partial charge in [0.25, 0.3) is 0 Å². The van der Waals surface area contributed by atoms with Gasteiger partial charge in [0, 0.05) is 6.20 Å². The lowest BCUT2D eigenvalue weighted by molar-refractivity contribution is -0.149. The molecule has 0 spiro atoms. The third kappa shape index (κ3) is 3.58. The van der Waals surface area contributed by atoms with E-state index in [0.29, 0.717) is 12.0 Å². The van der Waals surface area contributed by atoms with Crippen molar-refractivity contribution in [3.63, 3.8) is 0 Å². The zero-order valence-electron chi connectivity index (χ0n) is 9.28. The van der Waals surface area contributed by atoms with Gasteiger partial charge in [0.1, 0.15) is 11.4 Å². The molecule has 0 saturated heterocycles. The number of hydrogen-bond donors (Lipinski definition) is 1. The first-order chi connectivity index (χ1) is 6.90. The van der Waals surface area contributed by atoms with Crippen LogP contribution in [0.5, 0.6) is 0 Å². The zero-order valence-corrected chi connectivity index (χ0v) is 9.28. The van der Waals surface area contributed by atoms with E-state index < -0.39 is 11.6 Å². The average molecular weight is 208 g/mol. The quantitative estimate of drug-likeness (QED) is 0.664. The number of hydrogen-bond acceptors (Lipinski definition) is 4. The summed E-state index contributed by atoms with van der Waals surface area (Å²) in [6, 6.07) is 0. The summed E-state index contributed by atoms with van der Waals surface area (Å²) in [5, 5.41) is 0. The van der Waals surface area contributed by atoms with E-state index in [-0.39, 0.29) is 5.84 Å². The predicted molar refractivity (Wildman–Crippen MR) is 59.3 cm³/mol. The van der Waals surface area contributed by atoms with Gasteiger partial charge in [0.15, 0.2) is 0 Å². The largest absolute Gasteiger partial charge is 0.456 e. The molecule has 0 atom stereocenters. The molecule has 0 bridgehead atoms. The first-order valence-corrected chi connectivity index (χ1v) is 4.82. The van der Waals surface area contributed by atoms with Crippen LogP contribution in [0.3, 0.4) is 0 Å². The van der Waals surface area contributed by atoms with E-state index in [4.69, 9.17) is 10.5 Å². The van der Waals surface area contributed by atoms with Gasteiger partial charge in [0.05, 0.1) is 5.57 Å². The summed E-state index contributed by atoms with van der Waals surface area (Å²) in [5.74, 6) is -0.217. The van der Waals surface area contributed by atoms with Crippen molar-refractivity contribution in [3.8, 4) is 0 Å². The molecular formula is C11H16N2O2. The first kappa shape index (κ1) is 11.5. The second-order valence-corrected chi connectivity index (χ2v) is 4.25. The van der Waals surface area contributed by atoms with Gasteiger partial charge >= 0.3 is 5.97 Å². The highest BCUT2D eigenvalue weighted by Gasteiger charge is 2.21. The average Bonchev–Trinajstić information content (AvgIpc) is 2.26. The molecule has 0 aromatic rings. The molecule has 0 radical (unpaired) electrons. The van der Waals surface area contributed by atoms with Crippen molar-refractivity contribution in [1.29, 1.82) is 0 Å². The van der Waals surface area contributed by atoms with Crippen molar-refractivity contribution in [2.75, 3.05) is 0 Å². The molecule has 1 rings (SSSR count). The van der Waals surface area contributed by atoms with Gasteiger partial charge in [-0.2, -0.15) is 0 Å². The van der Waals surface area contributed by atoms with Crippen LogP contribution in [0.1, 0.15) is 27.2 Å². The van der Waals surface area contributed by atoms with E-state index in [0.717, 1.165) is 0 Å². The minimum Gasteiger partial charge on any atom is -0.456 e. The normalized spacial score (nSPS) is 16.5. The summed E-state index contributed by atoms with van der Waals surface area (Å²) in [6.45, 7) is 5.44. The second kappa shape index (κ2) is 4.29. The highest BCUT2D eigenvalue weighted by atomic mass is 16.6. The van der Waals surface area contributed by atoms with Gasteiger partial charge in [-0.25, -0.2) is 9.79 Å². The van der Waals surface area contributed by atoms with Crippen molar-refractivity contribution in [1.82, 2.24) is 0 Å². The molecule has 4 nitrogen and oxygen atoms in total. The number of carbonyl (C=O) groups excluding carboxylic acids is 1. The van der Waals surface area contributed by atoms with Crippen LogP contribution in [0.4, 0.5) is 0 Å². The first-order valence-electron chi connectivity index (χ1n) is 4.82. The molecule has 1 heterocycles. The highest BCUT2D eigenvalue weighted by molar-refractivity contribution is 6.18. The SMILES string of the molecule is CC(C)(C)OC(=O)C1=CCC=CN=C1N. The monoisotopic (exact) mass is 208 g/mol. The van der Waals surface area contributed by atoms with E-state index in [1.165, 1.54) is 0 Å². The van der Waals surface area contributed by atoms with E-state index >= 15 is 0 Å². The molecule has 0 unspecified atom stereocenters. The van der Waals surface area contributed by atoms with Gasteiger partial charge in [-0.1, -0.05) is 12.2 Å². The fourth-order valence-electron chi connectivity index (χ4n) is 1.07.